The zero-order valence-electron chi connectivity index (χ0n) is 9.43. The van der Waals surface area contributed by atoms with Gasteiger partial charge >= 0.3 is 0 Å². The van der Waals surface area contributed by atoms with Gasteiger partial charge in [0.1, 0.15) is 0 Å². The van der Waals surface area contributed by atoms with Crippen molar-refractivity contribution in [3.05, 3.63) is 60.7 Å². The standard InChI is InChI=1S/C15H14O2/c1-2-6-12-9-10-13(15(17)14(12)16)11-7-4-3-5-8-11/h2-5,7-10,16-17H,1,6H2. The Morgan fingerprint density at radius 1 is 0.941 bits per heavy atom. The van der Waals surface area contributed by atoms with E-state index in [0.29, 0.717) is 17.5 Å². The van der Waals surface area contributed by atoms with Crippen molar-refractivity contribution in [3.63, 3.8) is 0 Å². The molecule has 0 saturated heterocycles. The van der Waals surface area contributed by atoms with Crippen molar-refractivity contribution in [2.45, 2.75) is 6.42 Å². The minimum atomic E-state index is -0.0736. The number of allylic oxidation sites excluding steroid dienone is 1. The Bertz CT molecular complexity index is 530. The summed E-state index contributed by atoms with van der Waals surface area (Å²) in [5, 5.41) is 19.8. The maximum absolute atomic E-state index is 9.97. The van der Waals surface area contributed by atoms with Crippen molar-refractivity contribution in [3.8, 4) is 22.6 Å². The summed E-state index contributed by atoms with van der Waals surface area (Å²) in [4.78, 5) is 0. The molecule has 2 rings (SSSR count). The first-order chi connectivity index (χ1) is 8.24. The topological polar surface area (TPSA) is 40.5 Å². The second-order valence-corrected chi connectivity index (χ2v) is 3.83. The van der Waals surface area contributed by atoms with Crippen LogP contribution in [0.1, 0.15) is 5.56 Å². The number of aromatic hydroxyl groups is 2. The van der Waals surface area contributed by atoms with E-state index in [1.807, 2.05) is 36.4 Å². The van der Waals surface area contributed by atoms with Gasteiger partial charge in [0.25, 0.3) is 0 Å². The van der Waals surface area contributed by atoms with Crippen LogP contribution < -0.4 is 0 Å². The van der Waals surface area contributed by atoms with E-state index < -0.39 is 0 Å². The Balaban J connectivity index is 2.51. The van der Waals surface area contributed by atoms with Gasteiger partial charge in [-0.3, -0.25) is 0 Å². The summed E-state index contributed by atoms with van der Waals surface area (Å²) in [7, 11) is 0. The summed E-state index contributed by atoms with van der Waals surface area (Å²) < 4.78 is 0. The van der Waals surface area contributed by atoms with Crippen LogP contribution >= 0.6 is 0 Å². The van der Waals surface area contributed by atoms with Crippen LogP contribution in [-0.2, 0) is 6.42 Å². The first-order valence-corrected chi connectivity index (χ1v) is 5.44. The Kier molecular flexibility index (Phi) is 3.15. The van der Waals surface area contributed by atoms with Crippen LogP contribution in [0.15, 0.2) is 55.1 Å². The lowest BCUT2D eigenvalue weighted by Gasteiger charge is -2.09. The number of benzene rings is 2. The molecule has 0 amide bonds. The molecule has 0 radical (unpaired) electrons. The summed E-state index contributed by atoms with van der Waals surface area (Å²) >= 11 is 0. The van der Waals surface area contributed by atoms with Gasteiger partial charge in [0, 0.05) is 11.1 Å². The fourth-order valence-corrected chi connectivity index (χ4v) is 1.79. The Morgan fingerprint density at radius 3 is 2.29 bits per heavy atom. The molecular formula is C15H14O2. The van der Waals surface area contributed by atoms with Crippen molar-refractivity contribution in [2.24, 2.45) is 0 Å². The minimum absolute atomic E-state index is 0.0637. The normalized spacial score (nSPS) is 10.1. The molecule has 17 heavy (non-hydrogen) atoms. The van der Waals surface area contributed by atoms with Crippen LogP contribution in [0.3, 0.4) is 0 Å². The highest BCUT2D eigenvalue weighted by molar-refractivity contribution is 5.74. The van der Waals surface area contributed by atoms with Crippen LogP contribution in [0.4, 0.5) is 0 Å². The predicted octanol–water partition coefficient (Wildman–Crippen LogP) is 3.49. The third kappa shape index (κ3) is 2.16. The van der Waals surface area contributed by atoms with Crippen molar-refractivity contribution in [2.75, 3.05) is 0 Å². The van der Waals surface area contributed by atoms with E-state index in [1.165, 1.54) is 0 Å². The minimum Gasteiger partial charge on any atom is -0.504 e. The van der Waals surface area contributed by atoms with E-state index in [4.69, 9.17) is 0 Å². The quantitative estimate of drug-likeness (QED) is 0.621. The average Bonchev–Trinajstić information content (AvgIpc) is 2.36. The van der Waals surface area contributed by atoms with Crippen molar-refractivity contribution < 1.29 is 10.2 Å². The fourth-order valence-electron chi connectivity index (χ4n) is 1.79. The smallest absolute Gasteiger partial charge is 0.165 e. The van der Waals surface area contributed by atoms with Crippen LogP contribution in [0.2, 0.25) is 0 Å². The molecule has 0 aliphatic rings. The van der Waals surface area contributed by atoms with Gasteiger partial charge in [-0.15, -0.1) is 6.58 Å². The predicted molar refractivity (Wildman–Crippen MR) is 69.1 cm³/mol. The van der Waals surface area contributed by atoms with Gasteiger partial charge in [-0.25, -0.2) is 0 Å². The number of phenols is 2. The molecule has 0 aromatic heterocycles. The van der Waals surface area contributed by atoms with Crippen LogP contribution in [0.25, 0.3) is 11.1 Å². The van der Waals surface area contributed by atoms with Crippen LogP contribution in [-0.4, -0.2) is 10.2 Å². The molecule has 2 nitrogen and oxygen atoms in total. The second kappa shape index (κ2) is 4.74. The van der Waals surface area contributed by atoms with Gasteiger partial charge in [-0.05, 0) is 12.0 Å². The molecule has 0 atom stereocenters. The Hall–Kier alpha value is -2.22. The number of hydrogen-bond donors (Lipinski definition) is 2. The van der Waals surface area contributed by atoms with Crippen LogP contribution in [0, 0.1) is 0 Å². The molecule has 0 heterocycles. The summed E-state index contributed by atoms with van der Waals surface area (Å²) in [6.45, 7) is 3.61. The molecule has 0 aliphatic heterocycles. The van der Waals surface area contributed by atoms with Gasteiger partial charge in [0.2, 0.25) is 0 Å². The monoisotopic (exact) mass is 226 g/mol. The van der Waals surface area contributed by atoms with E-state index in [1.54, 1.807) is 12.1 Å². The molecular weight excluding hydrogens is 212 g/mol. The van der Waals surface area contributed by atoms with Crippen molar-refractivity contribution >= 4 is 0 Å². The molecule has 0 spiro atoms. The third-order valence-corrected chi connectivity index (χ3v) is 2.68. The molecule has 86 valence electrons. The maximum Gasteiger partial charge on any atom is 0.165 e. The van der Waals surface area contributed by atoms with Gasteiger partial charge in [0.15, 0.2) is 11.5 Å². The number of phenolic OH excluding ortho intramolecular Hbond substituents is 2. The second-order valence-electron chi connectivity index (χ2n) is 3.83. The van der Waals surface area contributed by atoms with Gasteiger partial charge in [-0.2, -0.15) is 0 Å². The van der Waals surface area contributed by atoms with E-state index in [0.717, 1.165) is 5.56 Å². The highest BCUT2D eigenvalue weighted by Gasteiger charge is 2.11. The highest BCUT2D eigenvalue weighted by atomic mass is 16.3. The first kappa shape index (κ1) is 11.3. The first-order valence-electron chi connectivity index (χ1n) is 5.44. The molecule has 2 aromatic carbocycles. The summed E-state index contributed by atoms with van der Waals surface area (Å²) in [5.74, 6) is -0.137. The molecule has 0 saturated carbocycles. The summed E-state index contributed by atoms with van der Waals surface area (Å²) in [5.41, 5.74) is 2.19. The molecule has 2 aromatic rings. The summed E-state index contributed by atoms with van der Waals surface area (Å²) in [6.07, 6.45) is 2.23. The molecule has 0 fully saturated rings. The largest absolute Gasteiger partial charge is 0.504 e. The maximum atomic E-state index is 9.97. The lowest BCUT2D eigenvalue weighted by atomic mass is 10.0. The van der Waals surface area contributed by atoms with Gasteiger partial charge < -0.3 is 10.2 Å². The SMILES string of the molecule is C=CCc1ccc(-c2ccccc2)c(O)c1O. The molecule has 0 unspecified atom stereocenters. The van der Waals surface area contributed by atoms with Gasteiger partial charge in [0.05, 0.1) is 0 Å². The van der Waals surface area contributed by atoms with Gasteiger partial charge in [-0.1, -0.05) is 48.5 Å². The van der Waals surface area contributed by atoms with Crippen molar-refractivity contribution in [1.82, 2.24) is 0 Å². The van der Waals surface area contributed by atoms with E-state index in [9.17, 15) is 10.2 Å². The fraction of sp³-hybridized carbons (Fsp3) is 0.0667. The van der Waals surface area contributed by atoms with Crippen LogP contribution in [0.5, 0.6) is 11.5 Å². The average molecular weight is 226 g/mol. The van der Waals surface area contributed by atoms with Crippen molar-refractivity contribution in [1.29, 1.82) is 0 Å². The molecule has 0 aliphatic carbocycles. The zero-order chi connectivity index (χ0) is 12.3. The third-order valence-electron chi connectivity index (χ3n) is 2.68. The zero-order valence-corrected chi connectivity index (χ0v) is 9.43. The van der Waals surface area contributed by atoms with E-state index in [2.05, 4.69) is 6.58 Å². The lowest BCUT2D eigenvalue weighted by molar-refractivity contribution is 0.401. The Morgan fingerprint density at radius 2 is 1.65 bits per heavy atom. The lowest BCUT2D eigenvalue weighted by Crippen LogP contribution is -1.86. The number of rotatable bonds is 3. The molecule has 2 heteroatoms. The summed E-state index contributed by atoms with van der Waals surface area (Å²) in [6, 6.07) is 13.1. The molecule has 0 bridgehead atoms. The highest BCUT2D eigenvalue weighted by Crippen LogP contribution is 2.38. The molecule has 2 N–H and O–H groups in total. The number of hydrogen-bond acceptors (Lipinski definition) is 2. The Labute approximate surface area is 100 Å². The van der Waals surface area contributed by atoms with E-state index in [-0.39, 0.29) is 11.5 Å². The van der Waals surface area contributed by atoms with E-state index >= 15 is 0 Å².